The second-order valence-electron chi connectivity index (χ2n) is 7.23. The molecule has 24 heavy (non-hydrogen) atoms. The fraction of sp³-hybridized carbons (Fsp3) is 1.00. The average Bonchev–Trinajstić information content (AvgIpc) is 2.60. The molecule has 0 fully saturated rings. The summed E-state index contributed by atoms with van der Waals surface area (Å²) < 4.78 is 12.5. The monoisotopic (exact) mass is 356 g/mol. The fourth-order valence-corrected chi connectivity index (χ4v) is 5.84. The van der Waals surface area contributed by atoms with Crippen molar-refractivity contribution in [1.82, 2.24) is 0 Å². The summed E-state index contributed by atoms with van der Waals surface area (Å²) in [5.41, 5.74) is 0. The first-order valence-electron chi connectivity index (χ1n) is 11.0. The molecule has 0 N–H and O–H groups in total. The fourth-order valence-electron chi connectivity index (χ4n) is 3.09. The molecule has 0 aromatic heterocycles. The minimum absolute atomic E-state index is 0.0700. The van der Waals surface area contributed by atoms with Gasteiger partial charge in [0.05, 0.1) is 0 Å². The normalized spacial score (nSPS) is 12.5. The van der Waals surface area contributed by atoms with E-state index >= 15 is 0 Å². The predicted octanol–water partition coefficient (Wildman–Crippen LogP) is 7.49. The van der Waals surface area contributed by atoms with Gasteiger partial charge >= 0.3 is 14.5 Å². The van der Waals surface area contributed by atoms with Crippen LogP contribution < -0.4 is 0 Å². The highest BCUT2D eigenvalue weighted by atomic mass is 27.2. The van der Waals surface area contributed by atoms with Crippen LogP contribution in [0.15, 0.2) is 0 Å². The Hall–Kier alpha value is 0.452. The van der Waals surface area contributed by atoms with Gasteiger partial charge in [-0.15, -0.1) is 0 Å². The van der Waals surface area contributed by atoms with Gasteiger partial charge in [0.2, 0.25) is 0 Å². The van der Waals surface area contributed by atoms with E-state index in [-0.39, 0.29) is 6.29 Å². The molecule has 0 saturated heterocycles. The van der Waals surface area contributed by atoms with Crippen LogP contribution in [0.2, 0.25) is 10.6 Å². The Kier molecular flexibility index (Phi) is 20.1. The lowest BCUT2D eigenvalue weighted by atomic mass is 10.2. The SMILES string of the molecule is CCCCCCOC(CC)[O][Al]([CH2]CCCCC)[CH2]CCCCC. The van der Waals surface area contributed by atoms with Gasteiger partial charge in [-0.2, -0.15) is 0 Å². The highest BCUT2D eigenvalue weighted by molar-refractivity contribution is 6.51. The molecular weight excluding hydrogens is 311 g/mol. The van der Waals surface area contributed by atoms with Crippen LogP contribution in [0, 0.1) is 0 Å². The quantitative estimate of drug-likeness (QED) is 0.136. The lowest BCUT2D eigenvalue weighted by molar-refractivity contribution is -0.0858. The Morgan fingerprint density at radius 1 is 0.625 bits per heavy atom. The Morgan fingerprint density at radius 2 is 1.12 bits per heavy atom. The van der Waals surface area contributed by atoms with Crippen molar-refractivity contribution in [2.24, 2.45) is 0 Å². The van der Waals surface area contributed by atoms with Gasteiger partial charge in [-0.3, -0.25) is 0 Å². The Morgan fingerprint density at radius 3 is 1.58 bits per heavy atom. The third kappa shape index (κ3) is 15.9. The minimum atomic E-state index is -1.08. The summed E-state index contributed by atoms with van der Waals surface area (Å²) in [5.74, 6) is 0. The van der Waals surface area contributed by atoms with Gasteiger partial charge < -0.3 is 8.53 Å². The average molecular weight is 357 g/mol. The van der Waals surface area contributed by atoms with Crippen LogP contribution in [0.5, 0.6) is 0 Å². The number of hydrogen-bond donors (Lipinski definition) is 0. The number of unbranched alkanes of at least 4 members (excludes halogenated alkanes) is 9. The van der Waals surface area contributed by atoms with Crippen molar-refractivity contribution in [2.75, 3.05) is 6.61 Å². The summed E-state index contributed by atoms with van der Waals surface area (Å²) >= 11 is -1.08. The van der Waals surface area contributed by atoms with Crippen LogP contribution in [0.1, 0.15) is 111 Å². The van der Waals surface area contributed by atoms with Crippen LogP contribution in [-0.2, 0) is 8.53 Å². The number of rotatable bonds is 19. The van der Waals surface area contributed by atoms with Crippen molar-refractivity contribution in [3.63, 3.8) is 0 Å². The summed E-state index contributed by atoms with van der Waals surface area (Å²) in [6, 6.07) is 0. The van der Waals surface area contributed by atoms with Crippen molar-refractivity contribution in [2.45, 2.75) is 128 Å². The molecule has 0 radical (unpaired) electrons. The molecule has 144 valence electrons. The molecule has 0 amide bonds. The number of ether oxygens (including phenoxy) is 1. The van der Waals surface area contributed by atoms with Gasteiger partial charge in [0.1, 0.15) is 6.29 Å². The summed E-state index contributed by atoms with van der Waals surface area (Å²) in [6.45, 7) is 9.92. The van der Waals surface area contributed by atoms with Gasteiger partial charge in [0, 0.05) is 6.61 Å². The van der Waals surface area contributed by atoms with E-state index in [1.165, 1.54) is 87.6 Å². The van der Waals surface area contributed by atoms with E-state index in [2.05, 4.69) is 27.7 Å². The second-order valence-corrected chi connectivity index (χ2v) is 9.90. The highest BCUT2D eigenvalue weighted by Gasteiger charge is 2.23. The molecule has 3 heteroatoms. The van der Waals surface area contributed by atoms with E-state index in [4.69, 9.17) is 8.53 Å². The molecule has 2 nitrogen and oxygen atoms in total. The summed E-state index contributed by atoms with van der Waals surface area (Å²) in [5, 5.41) is 2.70. The molecule has 1 atom stereocenters. The van der Waals surface area contributed by atoms with Crippen LogP contribution in [0.25, 0.3) is 0 Å². The molecule has 0 aromatic carbocycles. The van der Waals surface area contributed by atoms with E-state index < -0.39 is 14.5 Å². The molecular formula is C21H45AlO2. The Labute approximate surface area is 157 Å². The maximum Gasteiger partial charge on any atom is 0.462 e. The van der Waals surface area contributed by atoms with E-state index in [0.717, 1.165) is 13.0 Å². The third-order valence-electron chi connectivity index (χ3n) is 4.74. The maximum atomic E-state index is 6.48. The predicted molar refractivity (Wildman–Crippen MR) is 109 cm³/mol. The largest absolute Gasteiger partial charge is 0.478 e. The van der Waals surface area contributed by atoms with Gasteiger partial charge in [-0.1, -0.05) is 109 Å². The molecule has 0 bridgehead atoms. The zero-order chi connectivity index (χ0) is 17.9. The highest BCUT2D eigenvalue weighted by Crippen LogP contribution is 2.17. The third-order valence-corrected chi connectivity index (χ3v) is 7.53. The lowest BCUT2D eigenvalue weighted by Gasteiger charge is -2.22. The summed E-state index contributed by atoms with van der Waals surface area (Å²) in [4.78, 5) is 0. The second kappa shape index (κ2) is 19.8. The van der Waals surface area contributed by atoms with E-state index in [0.29, 0.717) is 0 Å². The van der Waals surface area contributed by atoms with E-state index in [1.807, 2.05) is 0 Å². The number of hydrogen-bond acceptors (Lipinski definition) is 2. The summed E-state index contributed by atoms with van der Waals surface area (Å²) in [6.07, 6.45) is 17.1. The van der Waals surface area contributed by atoms with Crippen molar-refractivity contribution >= 4 is 14.5 Å². The van der Waals surface area contributed by atoms with Crippen LogP contribution in [0.4, 0.5) is 0 Å². The Balaban J connectivity index is 4.08. The first kappa shape index (κ1) is 24.5. The molecule has 0 aliphatic rings. The van der Waals surface area contributed by atoms with Crippen molar-refractivity contribution in [1.29, 1.82) is 0 Å². The molecule has 0 aliphatic heterocycles. The molecule has 0 saturated carbocycles. The summed E-state index contributed by atoms with van der Waals surface area (Å²) in [7, 11) is 0. The van der Waals surface area contributed by atoms with Gasteiger partial charge in [0.15, 0.2) is 0 Å². The molecule has 1 unspecified atom stereocenters. The minimum Gasteiger partial charge on any atom is -0.478 e. The van der Waals surface area contributed by atoms with Crippen molar-refractivity contribution in [3.05, 3.63) is 0 Å². The molecule has 0 rings (SSSR count). The lowest BCUT2D eigenvalue weighted by Crippen LogP contribution is -2.28. The Bertz CT molecular complexity index is 224. The van der Waals surface area contributed by atoms with Crippen LogP contribution in [-0.4, -0.2) is 27.4 Å². The zero-order valence-corrected chi connectivity index (χ0v) is 18.4. The van der Waals surface area contributed by atoms with Crippen molar-refractivity contribution < 1.29 is 8.53 Å². The van der Waals surface area contributed by atoms with E-state index in [9.17, 15) is 0 Å². The van der Waals surface area contributed by atoms with Crippen molar-refractivity contribution in [3.8, 4) is 0 Å². The van der Waals surface area contributed by atoms with Gasteiger partial charge in [0.25, 0.3) is 0 Å². The zero-order valence-electron chi connectivity index (χ0n) is 17.3. The molecule has 0 spiro atoms. The van der Waals surface area contributed by atoms with Gasteiger partial charge in [-0.05, 0) is 12.8 Å². The van der Waals surface area contributed by atoms with E-state index in [1.54, 1.807) is 0 Å². The van der Waals surface area contributed by atoms with Crippen LogP contribution in [0.3, 0.4) is 0 Å². The maximum absolute atomic E-state index is 6.48. The van der Waals surface area contributed by atoms with Crippen LogP contribution >= 0.6 is 0 Å². The molecule has 0 aromatic rings. The smallest absolute Gasteiger partial charge is 0.462 e. The molecule has 0 aliphatic carbocycles. The first-order valence-corrected chi connectivity index (χ1v) is 13.2. The topological polar surface area (TPSA) is 18.5 Å². The first-order chi connectivity index (χ1) is 11.8. The molecule has 0 heterocycles. The van der Waals surface area contributed by atoms with Gasteiger partial charge in [-0.25, -0.2) is 0 Å². The standard InChI is InChI=1S/C9H19O2.2C6H13.Al/c1-3-5-6-7-8-11-9(10)4-2;2*1-3-5-6-4-2;/h9H,3-8H2,1-2H3;2*1,3-6H2,2H3;/q-1;;;+1.